The molecule has 19 heavy (non-hydrogen) atoms. The van der Waals surface area contributed by atoms with Crippen molar-refractivity contribution in [1.82, 2.24) is 4.90 Å². The summed E-state index contributed by atoms with van der Waals surface area (Å²) in [5.74, 6) is -0.797. The second kappa shape index (κ2) is 6.89. The topological polar surface area (TPSA) is 122 Å². The van der Waals surface area contributed by atoms with E-state index in [1.165, 1.54) is 4.90 Å². The molecule has 2 atom stereocenters. The molecule has 1 heterocycles. The number of guanidine groups is 1. The molecule has 7 nitrogen and oxygen atoms in total. The highest BCUT2D eigenvalue weighted by molar-refractivity contribution is 5.97. The number of amides is 1. The maximum atomic E-state index is 11.6. The van der Waals surface area contributed by atoms with Crippen molar-refractivity contribution in [2.24, 2.45) is 22.4 Å². The number of rotatable bonds is 6. The molecule has 0 spiro atoms. The molecule has 0 saturated carbocycles. The van der Waals surface area contributed by atoms with E-state index < -0.39 is 12.0 Å². The minimum Gasteiger partial charge on any atom is -0.480 e. The molecule has 0 aromatic carbocycles. The summed E-state index contributed by atoms with van der Waals surface area (Å²) in [7, 11) is 0. The van der Waals surface area contributed by atoms with Gasteiger partial charge in [0.2, 0.25) is 5.91 Å². The zero-order valence-electron chi connectivity index (χ0n) is 10.8. The molecule has 7 heteroatoms. The van der Waals surface area contributed by atoms with Crippen LogP contribution in [0.25, 0.3) is 0 Å². The van der Waals surface area contributed by atoms with E-state index in [1.54, 1.807) is 6.08 Å². The molecule has 1 amide bonds. The predicted molar refractivity (Wildman–Crippen MR) is 71.4 cm³/mol. The molecule has 1 rings (SSSR count). The van der Waals surface area contributed by atoms with Crippen LogP contribution in [0.5, 0.6) is 0 Å². The van der Waals surface area contributed by atoms with Gasteiger partial charge in [-0.2, -0.15) is 0 Å². The number of carboxylic acid groups (broad SMARTS) is 1. The molecule has 106 valence electrons. The fraction of sp³-hybridized carbons (Fsp3) is 0.583. The third-order valence-corrected chi connectivity index (χ3v) is 3.03. The highest BCUT2D eigenvalue weighted by Gasteiger charge is 2.29. The molecule has 1 aliphatic rings. The van der Waals surface area contributed by atoms with E-state index in [9.17, 15) is 9.59 Å². The number of likely N-dealkylation sites (tertiary alicyclic amines) is 1. The van der Waals surface area contributed by atoms with Crippen LogP contribution < -0.4 is 11.5 Å². The van der Waals surface area contributed by atoms with Gasteiger partial charge in [-0.3, -0.25) is 19.5 Å². The molecule has 0 aromatic heterocycles. The van der Waals surface area contributed by atoms with E-state index in [-0.39, 0.29) is 17.8 Å². The van der Waals surface area contributed by atoms with Crippen molar-refractivity contribution in [3.05, 3.63) is 12.7 Å². The molecule has 0 bridgehead atoms. The summed E-state index contributed by atoms with van der Waals surface area (Å²) in [5.41, 5.74) is 11.1. The fourth-order valence-corrected chi connectivity index (χ4v) is 1.83. The van der Waals surface area contributed by atoms with Crippen molar-refractivity contribution in [3.8, 4) is 0 Å². The molecule has 1 unspecified atom stereocenters. The number of carbonyl (C=O) groups is 2. The second-order valence-corrected chi connectivity index (χ2v) is 4.53. The lowest BCUT2D eigenvalue weighted by atomic mass is 10.1. The minimum absolute atomic E-state index is 0.0617. The van der Waals surface area contributed by atoms with E-state index in [1.807, 2.05) is 0 Å². The number of hydrogen-bond acceptors (Lipinski definition) is 4. The SMILES string of the molecule is C=CC1CC(=O)N(C(N)=NCCC[C@H](N)C(=O)O)C1. The molecule has 0 radical (unpaired) electrons. The molecule has 1 saturated heterocycles. The van der Waals surface area contributed by atoms with Crippen LogP contribution in [0, 0.1) is 5.92 Å². The summed E-state index contributed by atoms with van der Waals surface area (Å²) in [6, 6.07) is -0.880. The van der Waals surface area contributed by atoms with Crippen molar-refractivity contribution in [2.45, 2.75) is 25.3 Å². The van der Waals surface area contributed by atoms with Gasteiger partial charge in [0.05, 0.1) is 0 Å². The first kappa shape index (κ1) is 15.2. The Kier molecular flexibility index (Phi) is 5.50. The maximum Gasteiger partial charge on any atom is 0.320 e. The van der Waals surface area contributed by atoms with Crippen LogP contribution >= 0.6 is 0 Å². The molecular weight excluding hydrogens is 248 g/mol. The van der Waals surface area contributed by atoms with E-state index in [4.69, 9.17) is 16.6 Å². The number of carbonyl (C=O) groups excluding carboxylic acids is 1. The molecule has 1 aliphatic heterocycles. The third kappa shape index (κ3) is 4.36. The monoisotopic (exact) mass is 268 g/mol. The van der Waals surface area contributed by atoms with Gasteiger partial charge in [0.25, 0.3) is 0 Å². The highest BCUT2D eigenvalue weighted by Crippen LogP contribution is 2.17. The number of aliphatic carboxylic acids is 1. The van der Waals surface area contributed by atoms with E-state index in [0.717, 1.165) is 0 Å². The van der Waals surface area contributed by atoms with Crippen molar-refractivity contribution in [2.75, 3.05) is 13.1 Å². The normalized spacial score (nSPS) is 21.5. The van der Waals surface area contributed by atoms with Gasteiger partial charge in [-0.25, -0.2) is 0 Å². The number of carboxylic acids is 1. The van der Waals surface area contributed by atoms with Crippen molar-refractivity contribution in [1.29, 1.82) is 0 Å². The average Bonchev–Trinajstić information content (AvgIpc) is 2.75. The van der Waals surface area contributed by atoms with E-state index in [2.05, 4.69) is 11.6 Å². The lowest BCUT2D eigenvalue weighted by Crippen LogP contribution is -2.38. The Bertz CT molecular complexity index is 394. The first-order valence-corrected chi connectivity index (χ1v) is 6.17. The minimum atomic E-state index is -1.03. The standard InChI is InChI=1S/C12H20N4O3/c1-2-8-6-10(17)16(7-8)12(14)15-5-3-4-9(13)11(18)19/h2,8-9H,1,3-7,13H2,(H2,14,15)(H,18,19)/t8?,9-/m0/s1. The Labute approximate surface area is 112 Å². The van der Waals surface area contributed by atoms with Crippen LogP contribution in [0.15, 0.2) is 17.6 Å². The third-order valence-electron chi connectivity index (χ3n) is 3.03. The Balaban J connectivity index is 2.39. The van der Waals surface area contributed by atoms with Gasteiger partial charge in [0, 0.05) is 25.4 Å². The average molecular weight is 268 g/mol. The number of aliphatic imine (C=N–C) groups is 1. The quantitative estimate of drug-likeness (QED) is 0.260. The van der Waals surface area contributed by atoms with Crippen LogP contribution in [-0.2, 0) is 9.59 Å². The summed E-state index contributed by atoms with van der Waals surface area (Å²) in [6.07, 6.45) is 2.98. The summed E-state index contributed by atoms with van der Waals surface area (Å²) in [4.78, 5) is 27.6. The molecular formula is C12H20N4O3. The van der Waals surface area contributed by atoms with Gasteiger partial charge in [-0.1, -0.05) is 6.08 Å². The molecule has 1 fully saturated rings. The van der Waals surface area contributed by atoms with Crippen LogP contribution in [-0.4, -0.2) is 47.0 Å². The van der Waals surface area contributed by atoms with Gasteiger partial charge in [-0.05, 0) is 12.8 Å². The molecule has 0 aromatic rings. The Morgan fingerprint density at radius 1 is 1.68 bits per heavy atom. The van der Waals surface area contributed by atoms with Gasteiger partial charge in [0.15, 0.2) is 5.96 Å². The van der Waals surface area contributed by atoms with Crippen LogP contribution in [0.3, 0.4) is 0 Å². The van der Waals surface area contributed by atoms with Crippen molar-refractivity contribution in [3.63, 3.8) is 0 Å². The summed E-state index contributed by atoms with van der Waals surface area (Å²) >= 11 is 0. The van der Waals surface area contributed by atoms with Crippen molar-refractivity contribution < 1.29 is 14.7 Å². The van der Waals surface area contributed by atoms with Crippen LogP contribution in [0.4, 0.5) is 0 Å². The van der Waals surface area contributed by atoms with E-state index in [0.29, 0.717) is 32.4 Å². The van der Waals surface area contributed by atoms with Crippen LogP contribution in [0.1, 0.15) is 19.3 Å². The van der Waals surface area contributed by atoms with Gasteiger partial charge < -0.3 is 16.6 Å². The van der Waals surface area contributed by atoms with Crippen LogP contribution in [0.2, 0.25) is 0 Å². The van der Waals surface area contributed by atoms with E-state index >= 15 is 0 Å². The largest absolute Gasteiger partial charge is 0.480 e. The Hall–Kier alpha value is -1.89. The lowest BCUT2D eigenvalue weighted by Gasteiger charge is -2.14. The fourth-order valence-electron chi connectivity index (χ4n) is 1.83. The van der Waals surface area contributed by atoms with Gasteiger partial charge in [-0.15, -0.1) is 6.58 Å². The lowest BCUT2D eigenvalue weighted by molar-refractivity contribution is -0.138. The first-order chi connectivity index (χ1) is 8.95. The maximum absolute atomic E-state index is 11.6. The molecule has 5 N–H and O–H groups in total. The predicted octanol–water partition coefficient (Wildman–Crippen LogP) is -0.472. The van der Waals surface area contributed by atoms with Gasteiger partial charge >= 0.3 is 5.97 Å². The molecule has 0 aliphatic carbocycles. The second-order valence-electron chi connectivity index (χ2n) is 4.53. The number of nitrogens with zero attached hydrogens (tertiary/aromatic N) is 2. The summed E-state index contributed by atoms with van der Waals surface area (Å²) in [5, 5.41) is 8.61. The highest BCUT2D eigenvalue weighted by atomic mass is 16.4. The smallest absolute Gasteiger partial charge is 0.320 e. The zero-order valence-corrected chi connectivity index (χ0v) is 10.8. The summed E-state index contributed by atoms with van der Waals surface area (Å²) < 4.78 is 0. The van der Waals surface area contributed by atoms with Gasteiger partial charge in [0.1, 0.15) is 6.04 Å². The zero-order chi connectivity index (χ0) is 14.4. The first-order valence-electron chi connectivity index (χ1n) is 6.17. The Morgan fingerprint density at radius 3 is 2.89 bits per heavy atom. The Morgan fingerprint density at radius 2 is 2.37 bits per heavy atom. The summed E-state index contributed by atoms with van der Waals surface area (Å²) in [6.45, 7) is 4.52. The van der Waals surface area contributed by atoms with Crippen molar-refractivity contribution >= 4 is 17.8 Å². The number of nitrogens with two attached hydrogens (primary N) is 2. The number of hydrogen-bond donors (Lipinski definition) is 3.